The van der Waals surface area contributed by atoms with Crippen molar-refractivity contribution < 1.29 is 107 Å². The standard InChI is InChI=1S/2C13H8N4.2C7H5NO4.2Mn.6H2O/c2*1-3-8-10(14-5-1)11-9(4-2-6-15-11)13-12(8)16-7-17-13;2*9-6(10)4-2-1-3-5(8-4)7(11)12;;;;;;;;/h2*1-7H,(H,16,17);2*1-3H,(H,9,10)(H,11,12);;;6*1H2/q;;;;2*+2;;;;;;/p-2. The molecule has 66 heavy (non-hydrogen) atoms. The Hall–Kier alpha value is -8.00. The number of hydrogen-bond donors (Lipinski definition) is 2. The largest absolute Gasteiger partial charge is 2.00 e. The zero-order chi connectivity index (χ0) is 40.8. The molecule has 0 bridgehead atoms. The van der Waals surface area contributed by atoms with Gasteiger partial charge >= 0.3 is 34.1 Å². The number of nitrogens with one attached hydrogen (secondary N) is 2. The van der Waals surface area contributed by atoms with Gasteiger partial charge in [-0.1, -0.05) is 12.1 Å². The maximum atomic E-state index is 10.2. The summed E-state index contributed by atoms with van der Waals surface area (Å²) >= 11 is 0. The van der Waals surface area contributed by atoms with E-state index in [1.165, 1.54) is 12.1 Å². The number of aromatic amines is 2. The Labute approximate surface area is 389 Å². The van der Waals surface area contributed by atoms with Crippen molar-refractivity contribution in [1.29, 1.82) is 0 Å². The van der Waals surface area contributed by atoms with E-state index >= 15 is 0 Å². The van der Waals surface area contributed by atoms with Crippen molar-refractivity contribution >= 4 is 89.6 Å². The van der Waals surface area contributed by atoms with E-state index in [9.17, 15) is 39.6 Å². The Morgan fingerprint density at radius 3 is 0.894 bits per heavy atom. The number of hydrogen-bond acceptors (Lipinski definition) is 16. The summed E-state index contributed by atoms with van der Waals surface area (Å²) in [5, 5.41) is 45.0. The van der Waals surface area contributed by atoms with Gasteiger partial charge < -0.3 is 82.4 Å². The molecule has 0 spiro atoms. The summed E-state index contributed by atoms with van der Waals surface area (Å²) in [6, 6.07) is 22.9. The third-order valence-electron chi connectivity index (χ3n) is 8.34. The van der Waals surface area contributed by atoms with Crippen LogP contribution in [0.5, 0.6) is 0 Å². The predicted molar refractivity (Wildman–Crippen MR) is 223 cm³/mol. The Morgan fingerprint density at radius 2 is 0.621 bits per heavy atom. The summed E-state index contributed by atoms with van der Waals surface area (Å²) in [6.45, 7) is 0. The summed E-state index contributed by atoms with van der Waals surface area (Å²) in [4.78, 5) is 80.1. The minimum atomic E-state index is -1.52. The van der Waals surface area contributed by atoms with Gasteiger partial charge in [0.15, 0.2) is 0 Å². The zero-order valence-electron chi connectivity index (χ0n) is 33.3. The maximum Gasteiger partial charge on any atom is 2.00 e. The molecule has 0 saturated carbocycles. The van der Waals surface area contributed by atoms with Crippen molar-refractivity contribution in [2.75, 3.05) is 0 Å². The van der Waals surface area contributed by atoms with Crippen LogP contribution in [0.3, 0.4) is 0 Å². The number of rotatable bonds is 4. The van der Waals surface area contributed by atoms with E-state index in [2.05, 4.69) is 49.8 Å². The van der Waals surface area contributed by atoms with E-state index in [1.807, 2.05) is 48.5 Å². The van der Waals surface area contributed by atoms with Gasteiger partial charge in [-0.15, -0.1) is 0 Å². The van der Waals surface area contributed by atoms with E-state index in [-0.39, 0.29) is 67.0 Å². The second-order valence-electron chi connectivity index (χ2n) is 11.8. The number of aromatic nitrogens is 10. The van der Waals surface area contributed by atoms with Crippen LogP contribution in [0.25, 0.3) is 65.7 Å². The van der Waals surface area contributed by atoms with Gasteiger partial charge in [-0.3, -0.25) is 19.9 Å². The Kier molecular flexibility index (Phi) is 24.2. The van der Waals surface area contributed by atoms with E-state index in [0.29, 0.717) is 0 Å². The molecule has 24 nitrogen and oxygen atoms in total. The average molecular weight is 991 g/mol. The van der Waals surface area contributed by atoms with E-state index in [4.69, 9.17) is 0 Å². The normalized spacial score (nSPS) is 9.33. The fourth-order valence-corrected chi connectivity index (χ4v) is 5.89. The Balaban J connectivity index is 0. The number of carbonyl (C=O) groups excluding carboxylic acids is 4. The monoisotopic (exact) mass is 990 g/mol. The summed E-state index contributed by atoms with van der Waals surface area (Å²) in [6.07, 6.45) is 10.6. The van der Waals surface area contributed by atoms with Crippen LogP contribution < -0.4 is 20.4 Å². The number of aromatic carboxylic acids is 4. The van der Waals surface area contributed by atoms with Crippen LogP contribution in [0.15, 0.2) is 122 Å². The molecule has 0 amide bonds. The Bertz CT molecular complexity index is 2800. The van der Waals surface area contributed by atoms with Crippen molar-refractivity contribution in [2.24, 2.45) is 0 Å². The fourth-order valence-electron chi connectivity index (χ4n) is 5.89. The van der Waals surface area contributed by atoms with Crippen molar-refractivity contribution in [3.05, 3.63) is 145 Å². The first-order valence-electron chi connectivity index (χ1n) is 16.8. The van der Waals surface area contributed by atoms with Crippen LogP contribution in [0.4, 0.5) is 0 Å². The number of carbonyl (C=O) groups is 4. The van der Waals surface area contributed by atoms with Gasteiger partial charge in [0.05, 0.1) is 103 Å². The number of benzene rings is 2. The molecule has 2 aromatic carbocycles. The molecular formula is C40H36Mn2N10O14+2. The molecule has 26 heteroatoms. The molecule has 0 aliphatic rings. The van der Waals surface area contributed by atoms with Crippen LogP contribution in [-0.2, 0) is 45.1 Å². The van der Waals surface area contributed by atoms with Gasteiger partial charge in [0.2, 0.25) is 0 Å². The molecule has 8 aromatic heterocycles. The second kappa shape index (κ2) is 26.6. The maximum absolute atomic E-state index is 10.2. The van der Waals surface area contributed by atoms with Crippen molar-refractivity contribution in [1.82, 2.24) is 49.8 Å². The zero-order valence-corrected chi connectivity index (χ0v) is 35.7. The molecule has 0 atom stereocenters. The number of carboxylic acid groups (broad SMARTS) is 4. The van der Waals surface area contributed by atoms with Crippen molar-refractivity contribution in [3.63, 3.8) is 0 Å². The minimum absolute atomic E-state index is 0. The van der Waals surface area contributed by atoms with Gasteiger partial charge in [-0.2, -0.15) is 0 Å². The van der Waals surface area contributed by atoms with Crippen LogP contribution in [0, 0.1) is 0 Å². The number of H-pyrrole nitrogens is 2. The molecule has 0 fully saturated rings. The third kappa shape index (κ3) is 12.6. The molecule has 8 heterocycles. The van der Waals surface area contributed by atoms with Gasteiger partial charge in [0.1, 0.15) is 0 Å². The van der Waals surface area contributed by atoms with Gasteiger partial charge in [-0.25, -0.2) is 19.9 Å². The van der Waals surface area contributed by atoms with E-state index in [1.54, 1.807) is 37.4 Å². The summed E-state index contributed by atoms with van der Waals surface area (Å²) in [7, 11) is 0. The van der Waals surface area contributed by atoms with Crippen LogP contribution >= 0.6 is 0 Å². The molecule has 0 saturated heterocycles. The van der Waals surface area contributed by atoms with Crippen molar-refractivity contribution in [2.45, 2.75) is 0 Å². The van der Waals surface area contributed by atoms with Crippen LogP contribution in [0.2, 0.25) is 0 Å². The quantitative estimate of drug-likeness (QED) is 0.0959. The molecule has 0 aliphatic carbocycles. The second-order valence-corrected chi connectivity index (χ2v) is 11.8. The summed E-state index contributed by atoms with van der Waals surface area (Å²) in [5.41, 5.74) is 5.91. The Morgan fingerprint density at radius 1 is 0.364 bits per heavy atom. The number of imidazole rings is 2. The first-order chi connectivity index (χ1) is 28.1. The molecular weight excluding hydrogens is 954 g/mol. The van der Waals surface area contributed by atoms with E-state index < -0.39 is 46.7 Å². The minimum Gasteiger partial charge on any atom is -0.543 e. The first-order valence-corrected chi connectivity index (χ1v) is 16.8. The number of nitrogens with zero attached hydrogens (tertiary/aromatic N) is 8. The molecule has 16 N–H and O–H groups in total. The number of fused-ring (bicyclic) bond motifs is 12. The van der Waals surface area contributed by atoms with Gasteiger partial charge in [0.25, 0.3) is 0 Å². The average Bonchev–Trinajstić information content (AvgIpc) is 3.97. The van der Waals surface area contributed by atoms with Gasteiger partial charge in [-0.05, 0) is 72.8 Å². The molecule has 342 valence electrons. The van der Waals surface area contributed by atoms with E-state index in [0.717, 1.165) is 89.9 Å². The molecule has 0 unspecified atom stereocenters. The van der Waals surface area contributed by atoms with Gasteiger partial charge in [0, 0.05) is 46.3 Å². The molecule has 2 radical (unpaired) electrons. The SMILES string of the molecule is O.O.O.O.O=C([O-])c1cccc(C(=O)[O-])n1.O=C([O-])c1cccc(C(=O)[O-])n1.[Mn+2].[Mn+2].[OH3+].[OH3+].c1cnc2c(c1)c1nc[nH]c1c1cccnc12.c1cnc2c(c1)c1nc[nH]c1c1cccnc12. The predicted octanol–water partition coefficient (Wildman–Crippen LogP) is -4.21. The summed E-state index contributed by atoms with van der Waals surface area (Å²) in [5.74, 6) is -6.06. The smallest absolute Gasteiger partial charge is 0.543 e. The number of pyridine rings is 6. The number of carboxylic acids is 4. The fraction of sp³-hybridized carbons (Fsp3) is 0. The topological polar surface area (TPSA) is 487 Å². The third-order valence-corrected chi connectivity index (χ3v) is 8.34. The first kappa shape index (κ1) is 60.1. The summed E-state index contributed by atoms with van der Waals surface area (Å²) < 4.78 is 0. The molecule has 0 aliphatic heterocycles. The molecule has 10 rings (SSSR count). The van der Waals surface area contributed by atoms with Crippen molar-refractivity contribution in [3.8, 4) is 0 Å². The van der Waals surface area contributed by atoms with Crippen LogP contribution in [0.1, 0.15) is 42.0 Å². The molecule has 10 aromatic rings. The van der Waals surface area contributed by atoms with Crippen LogP contribution in [-0.4, -0.2) is 95.6 Å².